The maximum absolute atomic E-state index is 13.8. The molecule has 7 aliphatic carbocycles. The van der Waals surface area contributed by atoms with Gasteiger partial charge in [-0.25, -0.2) is 4.79 Å². The van der Waals surface area contributed by atoms with E-state index >= 15 is 0 Å². The first-order valence-electron chi connectivity index (χ1n) is 20.1. The van der Waals surface area contributed by atoms with Crippen molar-refractivity contribution < 1.29 is 49.3 Å². The number of carboxylic acids is 2. The van der Waals surface area contributed by atoms with Crippen LogP contribution in [0.15, 0.2) is 23.8 Å². The van der Waals surface area contributed by atoms with E-state index in [1.54, 1.807) is 7.11 Å². The van der Waals surface area contributed by atoms with Gasteiger partial charge in [0.05, 0.1) is 18.1 Å². The van der Waals surface area contributed by atoms with Crippen molar-refractivity contribution in [2.45, 2.75) is 148 Å². The predicted molar refractivity (Wildman–Crippen MR) is 191 cm³/mol. The van der Waals surface area contributed by atoms with Crippen molar-refractivity contribution in [1.82, 2.24) is 0 Å². The highest BCUT2D eigenvalue weighted by Crippen LogP contribution is 2.81. The first kappa shape index (κ1) is 37.1. The Balaban J connectivity index is 1.17. The highest BCUT2D eigenvalue weighted by Gasteiger charge is 2.76. The Morgan fingerprint density at radius 1 is 0.923 bits per heavy atom. The van der Waals surface area contributed by atoms with Crippen molar-refractivity contribution in [3.8, 4) is 0 Å². The van der Waals surface area contributed by atoms with Crippen LogP contribution in [-0.2, 0) is 23.8 Å². The fourth-order valence-corrected chi connectivity index (χ4v) is 15.9. The van der Waals surface area contributed by atoms with Crippen LogP contribution in [-0.4, -0.2) is 88.0 Å². The van der Waals surface area contributed by atoms with E-state index in [0.717, 1.165) is 64.2 Å². The van der Waals surface area contributed by atoms with Crippen LogP contribution < -0.4 is 0 Å². The minimum atomic E-state index is -1.75. The summed E-state index contributed by atoms with van der Waals surface area (Å²) in [6.07, 6.45) is 9.68. The minimum absolute atomic E-state index is 0.0230. The Hall–Kier alpha value is -1.82. The number of ether oxygens (including phenoxy) is 3. The molecule has 17 atom stereocenters. The largest absolute Gasteiger partial charge is 0.481 e. The van der Waals surface area contributed by atoms with Gasteiger partial charge < -0.3 is 39.7 Å². The molecule has 290 valence electrons. The van der Waals surface area contributed by atoms with Gasteiger partial charge in [0.1, 0.15) is 18.3 Å². The van der Waals surface area contributed by atoms with Crippen LogP contribution in [0, 0.1) is 61.6 Å². The zero-order chi connectivity index (χ0) is 37.4. The van der Waals surface area contributed by atoms with E-state index in [-0.39, 0.29) is 39.1 Å². The average Bonchev–Trinajstić information content (AvgIpc) is 3.06. The summed E-state index contributed by atoms with van der Waals surface area (Å²) in [7, 11) is 1.71. The lowest BCUT2D eigenvalue weighted by Crippen LogP contribution is -2.71. The quantitative estimate of drug-likeness (QED) is 0.169. The van der Waals surface area contributed by atoms with Gasteiger partial charge in [-0.05, 0) is 109 Å². The Kier molecular flexibility index (Phi) is 8.45. The maximum atomic E-state index is 13.8. The number of carbonyl (C=O) groups is 2. The number of methoxy groups -OCH3 is 1. The number of hydrogen-bond donors (Lipinski definition) is 5. The van der Waals surface area contributed by atoms with Gasteiger partial charge in [-0.1, -0.05) is 71.3 Å². The van der Waals surface area contributed by atoms with Crippen molar-refractivity contribution in [3.05, 3.63) is 23.8 Å². The Labute approximate surface area is 308 Å². The molecule has 10 nitrogen and oxygen atoms in total. The molecule has 10 heteroatoms. The lowest BCUT2D eigenvalue weighted by Gasteiger charge is -2.76. The Morgan fingerprint density at radius 3 is 2.37 bits per heavy atom. The van der Waals surface area contributed by atoms with Crippen molar-refractivity contribution >= 4 is 11.9 Å². The van der Waals surface area contributed by atoms with E-state index in [0.29, 0.717) is 37.2 Å². The summed E-state index contributed by atoms with van der Waals surface area (Å²) in [5.74, 6) is -1.00. The van der Waals surface area contributed by atoms with Crippen LogP contribution in [0.3, 0.4) is 0 Å². The fourth-order valence-electron chi connectivity index (χ4n) is 15.9. The van der Waals surface area contributed by atoms with Gasteiger partial charge in [0.15, 0.2) is 12.4 Å². The molecule has 0 aromatic heterocycles. The summed E-state index contributed by atoms with van der Waals surface area (Å²) >= 11 is 0. The van der Waals surface area contributed by atoms with Crippen LogP contribution in [0.25, 0.3) is 0 Å². The van der Waals surface area contributed by atoms with Crippen LogP contribution in [0.4, 0.5) is 0 Å². The van der Waals surface area contributed by atoms with Gasteiger partial charge in [-0.2, -0.15) is 0 Å². The minimum Gasteiger partial charge on any atom is -0.481 e. The standard InChI is InChI=1S/C42H62O10/c1-36-13-8-15-41(22-36)26-11-10-25-37(2)16-12-27(51-34-30(45)28(43)29(44)31(52-34)33(46)47)38(3)14-7-9-23(32(37)38)19-40(25,5)39(26,4)17-18-42(41,35(48)49)24(20-36)21-50-6/h8,11,15,23-25,27-32,34,43-45H,7,9-10,12-14,16-22H2,1-6H3,(H,46,47)(H,48,49). The third kappa shape index (κ3) is 4.51. The normalized spacial score (nSPS) is 56.3. The number of aliphatic hydroxyl groups excluding tert-OH is 3. The highest BCUT2D eigenvalue weighted by molar-refractivity contribution is 5.79. The van der Waals surface area contributed by atoms with Gasteiger partial charge in [0, 0.05) is 18.4 Å². The third-order valence-corrected chi connectivity index (χ3v) is 17.8. The summed E-state index contributed by atoms with van der Waals surface area (Å²) in [5.41, 5.74) is -0.561. The molecular formula is C42H62O10. The number of fused-ring (bicyclic) bond motifs is 5. The predicted octanol–water partition coefficient (Wildman–Crippen LogP) is 5.72. The first-order valence-corrected chi connectivity index (χ1v) is 20.1. The van der Waals surface area contributed by atoms with Gasteiger partial charge in [0.25, 0.3) is 0 Å². The van der Waals surface area contributed by atoms with Crippen molar-refractivity contribution in [2.24, 2.45) is 61.6 Å². The molecule has 0 amide bonds. The van der Waals surface area contributed by atoms with Gasteiger partial charge in [0.2, 0.25) is 0 Å². The lowest BCUT2D eigenvalue weighted by atomic mass is 9.28. The average molecular weight is 727 g/mol. The molecule has 1 heterocycles. The van der Waals surface area contributed by atoms with Crippen LogP contribution in [0.1, 0.15) is 112 Å². The number of aliphatic hydroxyl groups is 3. The highest BCUT2D eigenvalue weighted by atomic mass is 16.7. The molecule has 0 radical (unpaired) electrons. The fraction of sp³-hybridized carbons (Fsp3) is 0.857. The molecule has 8 rings (SSSR count). The van der Waals surface area contributed by atoms with Crippen LogP contribution in [0.2, 0.25) is 0 Å². The molecule has 1 spiro atoms. The van der Waals surface area contributed by atoms with E-state index in [2.05, 4.69) is 52.8 Å². The second-order valence-electron chi connectivity index (χ2n) is 20.1. The second kappa shape index (κ2) is 11.8. The Morgan fingerprint density at radius 2 is 1.67 bits per heavy atom. The number of carboxylic acid groups (broad SMARTS) is 2. The van der Waals surface area contributed by atoms with Crippen molar-refractivity contribution in [3.63, 3.8) is 0 Å². The summed E-state index contributed by atoms with van der Waals surface area (Å²) in [4.78, 5) is 25.7. The first-order chi connectivity index (χ1) is 24.4. The molecule has 5 N–H and O–H groups in total. The van der Waals surface area contributed by atoms with E-state index < -0.39 is 53.5 Å². The summed E-state index contributed by atoms with van der Waals surface area (Å²) in [6, 6.07) is 0. The third-order valence-electron chi connectivity index (χ3n) is 17.8. The Bertz CT molecular complexity index is 1560. The molecule has 17 unspecified atom stereocenters. The zero-order valence-corrected chi connectivity index (χ0v) is 32.0. The molecule has 2 bridgehead atoms. The molecular weight excluding hydrogens is 664 g/mol. The van der Waals surface area contributed by atoms with Crippen LogP contribution >= 0.6 is 0 Å². The number of allylic oxidation sites excluding steroid dienone is 4. The molecule has 5 saturated carbocycles. The maximum Gasteiger partial charge on any atom is 0.335 e. The topological polar surface area (TPSA) is 163 Å². The summed E-state index contributed by atoms with van der Waals surface area (Å²) in [5, 5.41) is 52.8. The van der Waals surface area contributed by atoms with E-state index in [4.69, 9.17) is 14.2 Å². The monoisotopic (exact) mass is 726 g/mol. The number of rotatable bonds is 6. The van der Waals surface area contributed by atoms with E-state index in [9.17, 15) is 35.1 Å². The van der Waals surface area contributed by atoms with E-state index in [1.807, 2.05) is 0 Å². The molecule has 8 aliphatic rings. The molecule has 6 fully saturated rings. The van der Waals surface area contributed by atoms with Crippen molar-refractivity contribution in [2.75, 3.05) is 13.7 Å². The molecule has 52 heavy (non-hydrogen) atoms. The van der Waals surface area contributed by atoms with Crippen LogP contribution in [0.5, 0.6) is 0 Å². The van der Waals surface area contributed by atoms with E-state index in [1.165, 1.54) is 5.57 Å². The second-order valence-corrected chi connectivity index (χ2v) is 20.1. The summed E-state index contributed by atoms with van der Waals surface area (Å²) in [6.45, 7) is 12.7. The molecule has 0 aromatic carbocycles. The van der Waals surface area contributed by atoms with Gasteiger partial charge in [-0.3, -0.25) is 4.79 Å². The summed E-state index contributed by atoms with van der Waals surface area (Å²) < 4.78 is 18.0. The SMILES string of the molecule is COCC1CC2(C)CC=CC3(C2)C2=CCC4C5(C)CCC(OC6OC(C(=O)O)C(O)C(O)C6O)C6(C)CCCC(CC4(C)C2(C)CCC13C(=O)O)C65. The molecule has 0 aromatic rings. The van der Waals surface area contributed by atoms with Gasteiger partial charge >= 0.3 is 11.9 Å². The zero-order valence-electron chi connectivity index (χ0n) is 32.0. The van der Waals surface area contributed by atoms with Gasteiger partial charge in [-0.15, -0.1) is 0 Å². The smallest absolute Gasteiger partial charge is 0.335 e. The number of hydrogen-bond acceptors (Lipinski definition) is 8. The number of aliphatic carboxylic acids is 2. The molecule has 1 saturated heterocycles. The lowest BCUT2D eigenvalue weighted by molar-refractivity contribution is -0.332. The van der Waals surface area contributed by atoms with Crippen molar-refractivity contribution in [1.29, 1.82) is 0 Å². The molecule has 1 aliphatic heterocycles.